The monoisotopic (exact) mass is 221 g/mol. The molecule has 1 N–H and O–H groups in total. The Morgan fingerprint density at radius 1 is 1.56 bits per heavy atom. The van der Waals surface area contributed by atoms with Gasteiger partial charge in [0.15, 0.2) is 0 Å². The molecule has 0 saturated carbocycles. The lowest BCUT2D eigenvalue weighted by Crippen LogP contribution is -2.37. The highest BCUT2D eigenvalue weighted by Gasteiger charge is 2.23. The Balaban J connectivity index is 2.31. The summed E-state index contributed by atoms with van der Waals surface area (Å²) in [4.78, 5) is 13.5. The van der Waals surface area contributed by atoms with Crippen LogP contribution in [0.4, 0.5) is 5.69 Å². The third kappa shape index (κ3) is 1.96. The second kappa shape index (κ2) is 4.43. The Morgan fingerprint density at radius 3 is 3.12 bits per heavy atom. The minimum atomic E-state index is 0.0812. The van der Waals surface area contributed by atoms with Crippen molar-refractivity contribution in [3.8, 4) is 11.5 Å². The summed E-state index contributed by atoms with van der Waals surface area (Å²) < 4.78 is 5.43. The van der Waals surface area contributed by atoms with Crippen LogP contribution in [0.3, 0.4) is 0 Å². The quantitative estimate of drug-likeness (QED) is 0.830. The Hall–Kier alpha value is -1.71. The average Bonchev–Trinajstić information content (AvgIpc) is 2.28. The van der Waals surface area contributed by atoms with Crippen molar-refractivity contribution in [3.63, 3.8) is 0 Å². The number of nitrogens with zero attached hydrogens (tertiary/aromatic N) is 1. The molecule has 1 heterocycles. The van der Waals surface area contributed by atoms with Crippen LogP contribution in [0.5, 0.6) is 11.5 Å². The van der Waals surface area contributed by atoms with Crippen molar-refractivity contribution in [1.29, 1.82) is 0 Å². The number of phenolic OH excluding ortho intramolecular Hbond substituents is 1. The number of rotatable bonds is 2. The van der Waals surface area contributed by atoms with Gasteiger partial charge in [-0.1, -0.05) is 6.92 Å². The van der Waals surface area contributed by atoms with Gasteiger partial charge in [-0.3, -0.25) is 4.79 Å². The maximum Gasteiger partial charge on any atom is 0.227 e. The Labute approximate surface area is 94.4 Å². The second-order valence-corrected chi connectivity index (χ2v) is 3.80. The van der Waals surface area contributed by atoms with Gasteiger partial charge in [0.05, 0.1) is 12.2 Å². The van der Waals surface area contributed by atoms with E-state index in [0.717, 1.165) is 6.42 Å². The van der Waals surface area contributed by atoms with Gasteiger partial charge < -0.3 is 14.7 Å². The molecule has 0 saturated heterocycles. The molecular weight excluding hydrogens is 206 g/mol. The SMILES string of the molecule is CCCC(=O)N1CCOc2ccc(O)cc21. The Morgan fingerprint density at radius 2 is 2.38 bits per heavy atom. The van der Waals surface area contributed by atoms with Gasteiger partial charge in [0.1, 0.15) is 18.1 Å². The molecule has 0 aliphatic carbocycles. The molecular formula is C12H15NO3. The van der Waals surface area contributed by atoms with E-state index >= 15 is 0 Å². The number of hydrogen-bond acceptors (Lipinski definition) is 3. The summed E-state index contributed by atoms with van der Waals surface area (Å²) in [6, 6.07) is 4.82. The molecule has 0 aromatic heterocycles. The normalized spacial score (nSPS) is 14.2. The molecule has 1 aromatic carbocycles. The highest BCUT2D eigenvalue weighted by Crippen LogP contribution is 2.34. The maximum atomic E-state index is 11.9. The van der Waals surface area contributed by atoms with Crippen molar-refractivity contribution in [1.82, 2.24) is 0 Å². The summed E-state index contributed by atoms with van der Waals surface area (Å²) in [7, 11) is 0. The van der Waals surface area contributed by atoms with Gasteiger partial charge >= 0.3 is 0 Å². The van der Waals surface area contributed by atoms with Gasteiger partial charge in [-0.15, -0.1) is 0 Å². The second-order valence-electron chi connectivity index (χ2n) is 3.80. The first kappa shape index (κ1) is 10.8. The van der Waals surface area contributed by atoms with Gasteiger partial charge in [-0.2, -0.15) is 0 Å². The Bertz CT molecular complexity index is 403. The first-order valence-corrected chi connectivity index (χ1v) is 5.48. The molecule has 0 spiro atoms. The molecule has 2 rings (SSSR count). The summed E-state index contributed by atoms with van der Waals surface area (Å²) in [5, 5.41) is 9.42. The molecule has 0 fully saturated rings. The summed E-state index contributed by atoms with van der Waals surface area (Å²) in [5.74, 6) is 0.893. The van der Waals surface area contributed by atoms with E-state index in [9.17, 15) is 9.90 Å². The van der Waals surface area contributed by atoms with E-state index in [2.05, 4.69) is 0 Å². The fourth-order valence-electron chi connectivity index (χ4n) is 1.81. The predicted molar refractivity (Wildman–Crippen MR) is 60.9 cm³/mol. The van der Waals surface area contributed by atoms with Gasteiger partial charge in [0.2, 0.25) is 5.91 Å². The molecule has 4 heteroatoms. The maximum absolute atomic E-state index is 11.9. The lowest BCUT2D eigenvalue weighted by molar-refractivity contribution is -0.118. The summed E-state index contributed by atoms with van der Waals surface area (Å²) in [6.45, 7) is 3.03. The van der Waals surface area contributed by atoms with Crippen molar-refractivity contribution in [2.75, 3.05) is 18.1 Å². The molecule has 1 aromatic rings. The third-order valence-corrected chi connectivity index (χ3v) is 2.57. The predicted octanol–water partition coefficient (Wildman–Crippen LogP) is 1.92. The first-order valence-electron chi connectivity index (χ1n) is 5.48. The largest absolute Gasteiger partial charge is 0.508 e. The van der Waals surface area contributed by atoms with Crippen LogP contribution in [-0.4, -0.2) is 24.2 Å². The van der Waals surface area contributed by atoms with Crippen LogP contribution < -0.4 is 9.64 Å². The number of aromatic hydroxyl groups is 1. The highest BCUT2D eigenvalue weighted by atomic mass is 16.5. The molecule has 0 unspecified atom stereocenters. The minimum absolute atomic E-state index is 0.0812. The fraction of sp³-hybridized carbons (Fsp3) is 0.417. The number of carbonyl (C=O) groups excluding carboxylic acids is 1. The molecule has 1 aliphatic heterocycles. The minimum Gasteiger partial charge on any atom is -0.508 e. The van der Waals surface area contributed by atoms with E-state index in [0.29, 0.717) is 31.0 Å². The topological polar surface area (TPSA) is 49.8 Å². The number of ether oxygens (including phenoxy) is 1. The van der Waals surface area contributed by atoms with Crippen LogP contribution in [0.25, 0.3) is 0 Å². The molecule has 4 nitrogen and oxygen atoms in total. The summed E-state index contributed by atoms with van der Waals surface area (Å²) >= 11 is 0. The first-order chi connectivity index (χ1) is 7.72. The molecule has 86 valence electrons. The van der Waals surface area contributed by atoms with E-state index < -0.39 is 0 Å². The standard InChI is InChI=1S/C12H15NO3/c1-2-3-12(15)13-6-7-16-11-5-4-9(14)8-10(11)13/h4-5,8,14H,2-3,6-7H2,1H3. The fourth-order valence-corrected chi connectivity index (χ4v) is 1.81. The molecule has 1 aliphatic rings. The number of hydrogen-bond donors (Lipinski definition) is 1. The highest BCUT2D eigenvalue weighted by molar-refractivity contribution is 5.95. The van der Waals surface area contributed by atoms with Crippen molar-refractivity contribution >= 4 is 11.6 Å². The zero-order valence-corrected chi connectivity index (χ0v) is 9.27. The molecule has 1 amide bonds. The number of amides is 1. The van der Waals surface area contributed by atoms with E-state index in [4.69, 9.17) is 4.74 Å². The van der Waals surface area contributed by atoms with Gasteiger partial charge in [0.25, 0.3) is 0 Å². The van der Waals surface area contributed by atoms with Crippen LogP contribution in [0.2, 0.25) is 0 Å². The van der Waals surface area contributed by atoms with E-state index in [-0.39, 0.29) is 11.7 Å². The zero-order valence-electron chi connectivity index (χ0n) is 9.27. The smallest absolute Gasteiger partial charge is 0.227 e. The number of phenols is 1. The Kier molecular flexibility index (Phi) is 2.99. The van der Waals surface area contributed by atoms with Crippen molar-refractivity contribution < 1.29 is 14.6 Å². The van der Waals surface area contributed by atoms with E-state index in [1.807, 2.05) is 6.92 Å². The molecule has 0 bridgehead atoms. The number of benzene rings is 1. The van der Waals surface area contributed by atoms with Crippen molar-refractivity contribution in [3.05, 3.63) is 18.2 Å². The van der Waals surface area contributed by atoms with Crippen molar-refractivity contribution in [2.45, 2.75) is 19.8 Å². The number of fused-ring (bicyclic) bond motifs is 1. The molecule has 0 atom stereocenters. The van der Waals surface area contributed by atoms with Crippen LogP contribution >= 0.6 is 0 Å². The summed E-state index contributed by atoms with van der Waals surface area (Å²) in [6.07, 6.45) is 1.35. The zero-order chi connectivity index (χ0) is 11.5. The molecule has 0 radical (unpaired) electrons. The number of anilines is 1. The number of carbonyl (C=O) groups is 1. The molecule has 16 heavy (non-hydrogen) atoms. The van der Waals surface area contributed by atoms with E-state index in [1.54, 1.807) is 23.1 Å². The van der Waals surface area contributed by atoms with Crippen LogP contribution in [0, 0.1) is 0 Å². The lowest BCUT2D eigenvalue weighted by Gasteiger charge is -2.29. The van der Waals surface area contributed by atoms with Gasteiger partial charge in [-0.05, 0) is 18.6 Å². The van der Waals surface area contributed by atoms with Crippen LogP contribution in [0.15, 0.2) is 18.2 Å². The average molecular weight is 221 g/mol. The van der Waals surface area contributed by atoms with Crippen LogP contribution in [0.1, 0.15) is 19.8 Å². The van der Waals surface area contributed by atoms with Gasteiger partial charge in [0, 0.05) is 12.5 Å². The van der Waals surface area contributed by atoms with E-state index in [1.165, 1.54) is 0 Å². The third-order valence-electron chi connectivity index (χ3n) is 2.57. The lowest BCUT2D eigenvalue weighted by atomic mass is 10.2. The van der Waals surface area contributed by atoms with Crippen LogP contribution in [-0.2, 0) is 4.79 Å². The van der Waals surface area contributed by atoms with Gasteiger partial charge in [-0.25, -0.2) is 0 Å². The summed E-state index contributed by atoms with van der Waals surface area (Å²) in [5.41, 5.74) is 0.671. The van der Waals surface area contributed by atoms with Crippen molar-refractivity contribution in [2.24, 2.45) is 0 Å².